The molecule has 12 atom stereocenters. The Balaban J connectivity index is 1.14. The summed E-state index contributed by atoms with van der Waals surface area (Å²) in [6, 6.07) is 0.0848. The van der Waals surface area contributed by atoms with Gasteiger partial charge in [-0.3, -0.25) is 4.79 Å². The average Bonchev–Trinajstić information content (AvgIpc) is 3.65. The van der Waals surface area contributed by atoms with Crippen LogP contribution in [-0.2, 0) is 16.0 Å². The Labute approximate surface area is 308 Å². The highest BCUT2D eigenvalue weighted by atomic mass is 16.4. The van der Waals surface area contributed by atoms with E-state index in [0.717, 1.165) is 57.3 Å². The fourth-order valence-corrected chi connectivity index (χ4v) is 14.9. The number of allylic oxidation sites excluding steroid dienone is 1. The van der Waals surface area contributed by atoms with Gasteiger partial charge in [0.25, 0.3) is 0 Å². The molecule has 6 aliphatic rings. The van der Waals surface area contributed by atoms with Gasteiger partial charge in [0.1, 0.15) is 0 Å². The van der Waals surface area contributed by atoms with Crippen LogP contribution in [0.2, 0.25) is 0 Å². The lowest BCUT2D eigenvalue weighted by Crippen LogP contribution is -2.67. The molecule has 0 saturated heterocycles. The molecule has 0 unspecified atom stereocenters. The number of carboxylic acid groups (broad SMARTS) is 1. The zero-order valence-corrected chi connectivity index (χ0v) is 33.6. The van der Waals surface area contributed by atoms with Gasteiger partial charge in [-0.25, -0.2) is 0 Å². The van der Waals surface area contributed by atoms with Crippen LogP contribution in [0.4, 0.5) is 0 Å². The fourth-order valence-electron chi connectivity index (χ4n) is 14.9. The van der Waals surface area contributed by atoms with Gasteiger partial charge in [-0.1, -0.05) is 74.5 Å². The van der Waals surface area contributed by atoms with Crippen molar-refractivity contribution in [2.75, 3.05) is 0 Å². The first kappa shape index (κ1) is 37.1. The molecule has 0 aromatic carbocycles. The lowest BCUT2D eigenvalue weighted by Gasteiger charge is -2.73. The molecule has 1 N–H and O–H groups in total. The van der Waals surface area contributed by atoms with Crippen LogP contribution in [0.25, 0.3) is 0 Å². The highest BCUT2D eigenvalue weighted by molar-refractivity contribution is 5.84. The first-order valence-corrected chi connectivity index (χ1v) is 20.7. The number of hydrogen-bond donors (Lipinski definition) is 1. The summed E-state index contributed by atoms with van der Waals surface area (Å²) < 4.78 is 6.14. The molecule has 1 aromatic rings. The summed E-state index contributed by atoms with van der Waals surface area (Å²) in [6.45, 7) is 28.2. The summed E-state index contributed by atoms with van der Waals surface area (Å²) in [5.74, 6) is 3.95. The van der Waals surface area contributed by atoms with Crippen LogP contribution in [0.3, 0.4) is 0 Å². The van der Waals surface area contributed by atoms with Crippen LogP contribution in [-0.4, -0.2) is 28.1 Å². The van der Waals surface area contributed by atoms with Gasteiger partial charge in [-0.15, -0.1) is 10.2 Å². The Kier molecular flexibility index (Phi) is 8.86. The van der Waals surface area contributed by atoms with Crippen molar-refractivity contribution in [2.45, 2.75) is 165 Å². The Hall–Kier alpha value is -2.18. The summed E-state index contributed by atoms with van der Waals surface area (Å²) in [5.41, 5.74) is 1.26. The number of aliphatic carboxylic acids is 1. The normalized spacial score (nSPS) is 45.1. The minimum atomic E-state index is -0.896. The van der Waals surface area contributed by atoms with E-state index < -0.39 is 5.97 Å². The maximum absolute atomic E-state index is 14.9. The second-order valence-electron chi connectivity index (χ2n) is 21.2. The van der Waals surface area contributed by atoms with Crippen molar-refractivity contribution in [1.82, 2.24) is 15.5 Å². The number of aromatic nitrogens is 2. The van der Waals surface area contributed by atoms with Crippen LogP contribution in [0.5, 0.6) is 0 Å². The fraction of sp³-hybridized carbons (Fsp3) is 0.864. The Morgan fingerprint density at radius 1 is 0.882 bits per heavy atom. The van der Waals surface area contributed by atoms with Crippen molar-refractivity contribution in [3.8, 4) is 0 Å². The number of nitrogens with one attached hydrogen (secondary N) is 1. The molecule has 1 heterocycles. The third-order valence-electron chi connectivity index (χ3n) is 18.1. The topological polar surface area (TPSA) is 108 Å². The predicted octanol–water partition coefficient (Wildman–Crippen LogP) is 8.68. The quantitative estimate of drug-likeness (QED) is 0.272. The van der Waals surface area contributed by atoms with Crippen molar-refractivity contribution < 1.29 is 19.1 Å². The molecule has 0 spiro atoms. The zero-order valence-electron chi connectivity index (χ0n) is 33.6. The number of rotatable bonds is 8. The molecular formula is C44H68N3O4-. The van der Waals surface area contributed by atoms with Crippen LogP contribution < -0.4 is 10.4 Å². The van der Waals surface area contributed by atoms with Crippen molar-refractivity contribution in [2.24, 2.45) is 73.9 Å². The van der Waals surface area contributed by atoms with Gasteiger partial charge >= 0.3 is 0 Å². The summed E-state index contributed by atoms with van der Waals surface area (Å²) in [7, 11) is 0. The smallest absolute Gasteiger partial charge is 0.226 e. The standard InChI is InChI=1S/C44H69N3O4/c1-25(2)22-34-46-47-37(51-34)30-24-33(40(30,7)8)45-38(50)44-19-15-28(26(3)4)36(44)29-12-13-32-41(9)17-14-27(23-35(48)49)39(5,6)31(41)16-18-43(32,11)42(29,10)20-21-44/h25,27-33,36H,3,12-24H2,1-2,4-11H3,(H,45,50)(H,48,49)/p-1/t27-,28-,29+,30+,31+,32+,33+,36+,41+,42+,43+,44-/m0/s1. The number of carboxylic acids is 1. The van der Waals surface area contributed by atoms with Crippen LogP contribution in [0, 0.1) is 73.9 Å². The SMILES string of the molecule is C=C(C)[C@@H]1CC[C@]2(C(=O)N[C@@H]3C[C@H](c4nnc(CC(C)C)o4)C3(C)C)CC[C@]3(C)[C@H](CC[C@@H]4[C@]5(C)CC[C@@H](CC(=O)[O-])C(C)(C)[C@H]5CC[C@]43C)[C@@H]12. The first-order valence-electron chi connectivity index (χ1n) is 20.7. The molecule has 6 fully saturated rings. The van der Waals surface area contributed by atoms with Crippen molar-refractivity contribution >= 4 is 11.9 Å². The molecule has 7 heteroatoms. The second-order valence-corrected chi connectivity index (χ2v) is 21.2. The molecule has 0 bridgehead atoms. The molecule has 1 amide bonds. The van der Waals surface area contributed by atoms with E-state index in [1.807, 2.05) is 0 Å². The molecule has 284 valence electrons. The summed E-state index contributed by atoms with van der Waals surface area (Å²) in [4.78, 5) is 26.7. The van der Waals surface area contributed by atoms with Crippen molar-refractivity contribution in [1.29, 1.82) is 0 Å². The Morgan fingerprint density at radius 2 is 1.61 bits per heavy atom. The number of fused-ring (bicyclic) bond motifs is 7. The van der Waals surface area contributed by atoms with Crippen LogP contribution in [0.15, 0.2) is 16.6 Å². The van der Waals surface area contributed by atoms with Gasteiger partial charge < -0.3 is 19.6 Å². The molecule has 6 aliphatic carbocycles. The molecular weight excluding hydrogens is 635 g/mol. The largest absolute Gasteiger partial charge is 0.550 e. The lowest BCUT2D eigenvalue weighted by atomic mass is 9.32. The third-order valence-corrected chi connectivity index (χ3v) is 18.1. The van der Waals surface area contributed by atoms with E-state index in [1.165, 1.54) is 31.3 Å². The molecule has 0 aliphatic heterocycles. The van der Waals surface area contributed by atoms with Crippen molar-refractivity contribution in [3.05, 3.63) is 23.9 Å². The number of carbonyl (C=O) groups is 2. The number of nitrogens with zero attached hydrogens (tertiary/aromatic N) is 2. The minimum absolute atomic E-state index is 0.0172. The molecule has 7 nitrogen and oxygen atoms in total. The molecule has 6 saturated carbocycles. The molecule has 7 rings (SSSR count). The highest BCUT2D eigenvalue weighted by Gasteiger charge is 2.72. The van der Waals surface area contributed by atoms with E-state index in [4.69, 9.17) is 4.42 Å². The van der Waals surface area contributed by atoms with E-state index in [1.54, 1.807) is 0 Å². The van der Waals surface area contributed by atoms with E-state index >= 15 is 0 Å². The van der Waals surface area contributed by atoms with Gasteiger partial charge in [0.05, 0.1) is 5.41 Å². The first-order chi connectivity index (χ1) is 23.7. The maximum atomic E-state index is 14.9. The highest BCUT2D eigenvalue weighted by Crippen LogP contribution is 2.78. The number of carbonyl (C=O) groups excluding carboxylic acids is 2. The lowest BCUT2D eigenvalue weighted by molar-refractivity contribution is -0.309. The van der Waals surface area contributed by atoms with Crippen molar-refractivity contribution in [3.63, 3.8) is 0 Å². The van der Waals surface area contributed by atoms with Gasteiger partial charge in [-0.2, -0.15) is 0 Å². The molecule has 51 heavy (non-hydrogen) atoms. The molecule has 0 radical (unpaired) electrons. The summed E-state index contributed by atoms with van der Waals surface area (Å²) >= 11 is 0. The number of amides is 1. The number of hydrogen-bond acceptors (Lipinski definition) is 6. The van der Waals surface area contributed by atoms with Gasteiger partial charge in [0.15, 0.2) is 0 Å². The third kappa shape index (κ3) is 5.29. The monoisotopic (exact) mass is 703 g/mol. The summed E-state index contributed by atoms with van der Waals surface area (Å²) in [6.07, 6.45) is 12.7. The van der Waals surface area contributed by atoms with E-state index in [0.29, 0.717) is 41.4 Å². The van der Waals surface area contributed by atoms with E-state index in [9.17, 15) is 14.7 Å². The predicted molar refractivity (Wildman–Crippen MR) is 198 cm³/mol. The van der Waals surface area contributed by atoms with Crippen LogP contribution >= 0.6 is 0 Å². The van der Waals surface area contributed by atoms with E-state index in [2.05, 4.69) is 91.3 Å². The zero-order chi connectivity index (χ0) is 37.1. The van der Waals surface area contributed by atoms with Gasteiger partial charge in [-0.05, 0) is 152 Å². The minimum Gasteiger partial charge on any atom is -0.550 e. The van der Waals surface area contributed by atoms with Gasteiger partial charge in [0, 0.05) is 24.3 Å². The van der Waals surface area contributed by atoms with Crippen LogP contribution in [0.1, 0.15) is 164 Å². The average molecular weight is 703 g/mol. The van der Waals surface area contributed by atoms with Gasteiger partial charge in [0.2, 0.25) is 17.7 Å². The van der Waals surface area contributed by atoms with E-state index in [-0.39, 0.29) is 62.7 Å². The Bertz CT molecular complexity index is 1560. The Morgan fingerprint density at radius 3 is 2.25 bits per heavy atom. The summed E-state index contributed by atoms with van der Waals surface area (Å²) in [5, 5.41) is 24.2. The maximum Gasteiger partial charge on any atom is 0.226 e. The molecule has 1 aromatic heterocycles. The second kappa shape index (κ2) is 12.2.